The standard InChI is InChI=1S/C20H22N2/c1-15-10-12-16(13-11-15)18-14-19(20(2,3)4)22(21-18)17-8-6-5-7-9-17/h5-14H,1-4H3. The van der Waals surface area contributed by atoms with Crippen molar-refractivity contribution < 1.29 is 0 Å². The second-order valence-corrected chi connectivity index (χ2v) is 6.78. The average molecular weight is 290 g/mol. The molecule has 0 aliphatic rings. The van der Waals surface area contributed by atoms with Gasteiger partial charge in [-0.1, -0.05) is 68.8 Å². The first kappa shape index (κ1) is 14.6. The maximum absolute atomic E-state index is 4.86. The first-order valence-corrected chi connectivity index (χ1v) is 7.68. The van der Waals surface area contributed by atoms with Crippen LogP contribution >= 0.6 is 0 Å². The van der Waals surface area contributed by atoms with Crippen molar-refractivity contribution in [2.45, 2.75) is 33.1 Å². The van der Waals surface area contributed by atoms with Crippen LogP contribution in [0.3, 0.4) is 0 Å². The quantitative estimate of drug-likeness (QED) is 0.638. The summed E-state index contributed by atoms with van der Waals surface area (Å²) in [5.41, 5.74) is 5.80. The van der Waals surface area contributed by atoms with Crippen molar-refractivity contribution in [1.29, 1.82) is 0 Å². The van der Waals surface area contributed by atoms with Crippen molar-refractivity contribution in [2.24, 2.45) is 0 Å². The van der Waals surface area contributed by atoms with Gasteiger partial charge < -0.3 is 0 Å². The first-order valence-electron chi connectivity index (χ1n) is 7.68. The van der Waals surface area contributed by atoms with Crippen molar-refractivity contribution in [1.82, 2.24) is 9.78 Å². The van der Waals surface area contributed by atoms with Gasteiger partial charge in [-0.2, -0.15) is 5.10 Å². The van der Waals surface area contributed by atoms with Crippen LogP contribution in [-0.2, 0) is 5.41 Å². The Labute approximate surface area is 132 Å². The van der Waals surface area contributed by atoms with Gasteiger partial charge >= 0.3 is 0 Å². The van der Waals surface area contributed by atoms with Gasteiger partial charge in [0, 0.05) is 11.0 Å². The summed E-state index contributed by atoms with van der Waals surface area (Å²) < 4.78 is 2.06. The lowest BCUT2D eigenvalue weighted by molar-refractivity contribution is 0.544. The van der Waals surface area contributed by atoms with Gasteiger partial charge in [0.15, 0.2) is 0 Å². The molecule has 1 aromatic heterocycles. The Balaban J connectivity index is 2.15. The number of benzene rings is 2. The van der Waals surface area contributed by atoms with Gasteiger partial charge in [-0.15, -0.1) is 0 Å². The van der Waals surface area contributed by atoms with Crippen molar-refractivity contribution in [3.63, 3.8) is 0 Å². The Kier molecular flexibility index (Phi) is 3.61. The summed E-state index contributed by atoms with van der Waals surface area (Å²) in [6, 6.07) is 21.1. The molecule has 0 N–H and O–H groups in total. The van der Waals surface area contributed by atoms with Gasteiger partial charge in [0.1, 0.15) is 0 Å². The molecule has 0 aliphatic heterocycles. The highest BCUT2D eigenvalue weighted by Crippen LogP contribution is 2.29. The summed E-state index contributed by atoms with van der Waals surface area (Å²) in [6.07, 6.45) is 0. The van der Waals surface area contributed by atoms with Gasteiger partial charge in [-0.05, 0) is 25.1 Å². The molecule has 22 heavy (non-hydrogen) atoms. The number of hydrogen-bond donors (Lipinski definition) is 0. The van der Waals surface area contributed by atoms with Gasteiger partial charge in [-0.25, -0.2) is 4.68 Å². The molecule has 0 saturated carbocycles. The van der Waals surface area contributed by atoms with E-state index in [1.807, 2.05) is 6.07 Å². The molecule has 0 spiro atoms. The van der Waals surface area contributed by atoms with E-state index in [0.29, 0.717) is 0 Å². The molecule has 1 heterocycles. The van der Waals surface area contributed by atoms with E-state index >= 15 is 0 Å². The Bertz CT molecular complexity index is 760. The zero-order valence-electron chi connectivity index (χ0n) is 13.7. The molecule has 0 bridgehead atoms. The fourth-order valence-corrected chi connectivity index (χ4v) is 2.55. The number of nitrogens with zero attached hydrogens (tertiary/aromatic N) is 2. The van der Waals surface area contributed by atoms with E-state index in [1.54, 1.807) is 0 Å². The molecular weight excluding hydrogens is 268 g/mol. The molecule has 3 rings (SSSR count). The maximum Gasteiger partial charge on any atom is 0.0930 e. The van der Waals surface area contributed by atoms with E-state index in [4.69, 9.17) is 5.10 Å². The monoisotopic (exact) mass is 290 g/mol. The molecule has 3 aromatic rings. The van der Waals surface area contributed by atoms with Crippen LogP contribution in [0.25, 0.3) is 16.9 Å². The van der Waals surface area contributed by atoms with Gasteiger partial charge in [-0.3, -0.25) is 0 Å². The summed E-state index contributed by atoms with van der Waals surface area (Å²) in [5.74, 6) is 0. The van der Waals surface area contributed by atoms with Crippen molar-refractivity contribution in [3.05, 3.63) is 71.9 Å². The summed E-state index contributed by atoms with van der Waals surface area (Å²) in [4.78, 5) is 0. The van der Waals surface area contributed by atoms with Crippen LogP contribution in [-0.4, -0.2) is 9.78 Å². The summed E-state index contributed by atoms with van der Waals surface area (Å²) in [7, 11) is 0. The second kappa shape index (κ2) is 5.45. The highest BCUT2D eigenvalue weighted by Gasteiger charge is 2.22. The summed E-state index contributed by atoms with van der Waals surface area (Å²) in [6.45, 7) is 8.78. The third kappa shape index (κ3) is 2.82. The lowest BCUT2D eigenvalue weighted by atomic mass is 9.91. The highest BCUT2D eigenvalue weighted by molar-refractivity contribution is 5.61. The number of aromatic nitrogens is 2. The zero-order chi connectivity index (χ0) is 15.7. The molecule has 0 unspecified atom stereocenters. The number of hydrogen-bond acceptors (Lipinski definition) is 1. The van der Waals surface area contributed by atoms with Crippen molar-refractivity contribution >= 4 is 0 Å². The third-order valence-electron chi connectivity index (χ3n) is 3.83. The summed E-state index contributed by atoms with van der Waals surface area (Å²) >= 11 is 0. The van der Waals surface area contributed by atoms with Gasteiger partial charge in [0.05, 0.1) is 17.1 Å². The normalized spacial score (nSPS) is 11.6. The van der Waals surface area contributed by atoms with Crippen molar-refractivity contribution in [3.8, 4) is 16.9 Å². The number of aryl methyl sites for hydroxylation is 1. The van der Waals surface area contributed by atoms with E-state index < -0.39 is 0 Å². The molecule has 0 fully saturated rings. The van der Waals surface area contributed by atoms with E-state index in [2.05, 4.69) is 87.0 Å². The second-order valence-electron chi connectivity index (χ2n) is 6.78. The fraction of sp³-hybridized carbons (Fsp3) is 0.250. The lowest BCUT2D eigenvalue weighted by Crippen LogP contribution is -2.17. The van der Waals surface area contributed by atoms with E-state index in [9.17, 15) is 0 Å². The minimum atomic E-state index is 0.0335. The fourth-order valence-electron chi connectivity index (χ4n) is 2.55. The molecule has 2 aromatic carbocycles. The van der Waals surface area contributed by atoms with Gasteiger partial charge in [0.25, 0.3) is 0 Å². The molecular formula is C20H22N2. The largest absolute Gasteiger partial charge is 0.237 e. The van der Waals surface area contributed by atoms with Crippen LogP contribution in [0.5, 0.6) is 0 Å². The SMILES string of the molecule is Cc1ccc(-c2cc(C(C)(C)C)n(-c3ccccc3)n2)cc1. The summed E-state index contributed by atoms with van der Waals surface area (Å²) in [5, 5.41) is 4.86. The molecule has 0 aliphatic carbocycles. The maximum atomic E-state index is 4.86. The number of rotatable bonds is 2. The van der Waals surface area contributed by atoms with Crippen LogP contribution < -0.4 is 0 Å². The first-order chi connectivity index (χ1) is 10.4. The minimum Gasteiger partial charge on any atom is -0.237 e. The number of para-hydroxylation sites is 1. The molecule has 2 nitrogen and oxygen atoms in total. The topological polar surface area (TPSA) is 17.8 Å². The van der Waals surface area contributed by atoms with Crippen LogP contribution in [0.4, 0.5) is 0 Å². The Morgan fingerprint density at radius 1 is 0.864 bits per heavy atom. The molecule has 0 atom stereocenters. The molecule has 0 radical (unpaired) electrons. The highest BCUT2D eigenvalue weighted by atomic mass is 15.3. The van der Waals surface area contributed by atoms with Gasteiger partial charge in [0.2, 0.25) is 0 Å². The zero-order valence-corrected chi connectivity index (χ0v) is 13.7. The van der Waals surface area contributed by atoms with E-state index in [-0.39, 0.29) is 5.41 Å². The predicted molar refractivity (Wildman–Crippen MR) is 92.4 cm³/mol. The Morgan fingerprint density at radius 3 is 2.09 bits per heavy atom. The van der Waals surface area contributed by atoms with Crippen LogP contribution in [0, 0.1) is 6.92 Å². The van der Waals surface area contributed by atoms with Crippen LogP contribution in [0.15, 0.2) is 60.7 Å². The average Bonchev–Trinajstić information content (AvgIpc) is 2.94. The van der Waals surface area contributed by atoms with Crippen LogP contribution in [0.2, 0.25) is 0 Å². The molecule has 0 amide bonds. The predicted octanol–water partition coefficient (Wildman–Crippen LogP) is 5.15. The smallest absolute Gasteiger partial charge is 0.0930 e. The Hall–Kier alpha value is -2.35. The minimum absolute atomic E-state index is 0.0335. The van der Waals surface area contributed by atoms with Crippen LogP contribution in [0.1, 0.15) is 32.0 Å². The van der Waals surface area contributed by atoms with E-state index in [0.717, 1.165) is 16.9 Å². The molecule has 112 valence electrons. The van der Waals surface area contributed by atoms with Crippen molar-refractivity contribution in [2.75, 3.05) is 0 Å². The van der Waals surface area contributed by atoms with E-state index in [1.165, 1.54) is 11.3 Å². The Morgan fingerprint density at radius 2 is 1.50 bits per heavy atom. The third-order valence-corrected chi connectivity index (χ3v) is 3.83. The lowest BCUT2D eigenvalue weighted by Gasteiger charge is -2.20. The molecule has 0 saturated heterocycles. The molecule has 2 heteroatoms.